The first-order valence-electron chi connectivity index (χ1n) is 4.85. The highest BCUT2D eigenvalue weighted by Crippen LogP contribution is 2.26. The molecule has 0 bridgehead atoms. The average molecular weight is 337 g/mol. The average Bonchev–Trinajstić information content (AvgIpc) is 2.57. The summed E-state index contributed by atoms with van der Waals surface area (Å²) in [7, 11) is 0. The van der Waals surface area contributed by atoms with E-state index in [0.29, 0.717) is 12.5 Å². The van der Waals surface area contributed by atoms with E-state index in [0.717, 1.165) is 21.3 Å². The van der Waals surface area contributed by atoms with Crippen molar-refractivity contribution in [2.24, 2.45) is 5.92 Å². The fourth-order valence-corrected chi connectivity index (χ4v) is 2.96. The van der Waals surface area contributed by atoms with Crippen LogP contribution in [-0.2, 0) is 0 Å². The molecular formula is C10H12INO2S. The highest BCUT2D eigenvalue weighted by Gasteiger charge is 2.27. The molecule has 1 amide bonds. The van der Waals surface area contributed by atoms with Crippen molar-refractivity contribution < 1.29 is 9.90 Å². The van der Waals surface area contributed by atoms with Crippen LogP contribution in [0.1, 0.15) is 23.2 Å². The van der Waals surface area contributed by atoms with Gasteiger partial charge < -0.3 is 10.4 Å². The summed E-state index contributed by atoms with van der Waals surface area (Å²) >= 11 is 3.78. The van der Waals surface area contributed by atoms with Gasteiger partial charge in [-0.1, -0.05) is 0 Å². The summed E-state index contributed by atoms with van der Waals surface area (Å²) in [4.78, 5) is 11.6. The Labute approximate surface area is 106 Å². The molecule has 0 atom stereocenters. The van der Waals surface area contributed by atoms with Crippen LogP contribution in [0.15, 0.2) is 11.4 Å². The van der Waals surface area contributed by atoms with Crippen LogP contribution in [-0.4, -0.2) is 23.7 Å². The Balaban J connectivity index is 1.78. The van der Waals surface area contributed by atoms with Crippen molar-refractivity contribution in [3.63, 3.8) is 0 Å². The molecule has 82 valence electrons. The third-order valence-corrected chi connectivity index (χ3v) is 4.38. The van der Waals surface area contributed by atoms with Crippen LogP contribution in [0.3, 0.4) is 0 Å². The Morgan fingerprint density at radius 1 is 1.67 bits per heavy atom. The molecule has 3 nitrogen and oxygen atoms in total. The van der Waals surface area contributed by atoms with E-state index in [9.17, 15) is 4.79 Å². The van der Waals surface area contributed by atoms with Crippen LogP contribution in [0, 0.1) is 8.80 Å². The molecule has 1 aromatic rings. The standard InChI is InChI=1S/C10H12INO2S/c11-9-3-7(5-15-9)10(14)12-4-6-1-8(13)2-6/h3,5-6,8,13H,1-2,4H2,(H,12,14). The van der Waals surface area contributed by atoms with Crippen LogP contribution >= 0.6 is 33.9 Å². The van der Waals surface area contributed by atoms with Gasteiger partial charge >= 0.3 is 0 Å². The van der Waals surface area contributed by atoms with Crippen LogP contribution in [0.4, 0.5) is 0 Å². The van der Waals surface area contributed by atoms with Gasteiger partial charge in [-0.3, -0.25) is 4.79 Å². The van der Waals surface area contributed by atoms with E-state index in [1.165, 1.54) is 0 Å². The van der Waals surface area contributed by atoms with E-state index in [1.807, 2.05) is 11.4 Å². The fraction of sp³-hybridized carbons (Fsp3) is 0.500. The summed E-state index contributed by atoms with van der Waals surface area (Å²) in [5, 5.41) is 13.8. The normalized spacial score (nSPS) is 24.7. The maximum absolute atomic E-state index is 11.6. The van der Waals surface area contributed by atoms with Gasteiger partial charge in [0.1, 0.15) is 0 Å². The van der Waals surface area contributed by atoms with E-state index in [4.69, 9.17) is 5.11 Å². The maximum atomic E-state index is 11.6. The lowest BCUT2D eigenvalue weighted by molar-refractivity contribution is 0.0420. The zero-order valence-electron chi connectivity index (χ0n) is 8.07. The van der Waals surface area contributed by atoms with Crippen molar-refractivity contribution in [1.29, 1.82) is 0 Å². The molecule has 0 unspecified atom stereocenters. The Bertz CT molecular complexity index is 360. The molecule has 15 heavy (non-hydrogen) atoms. The van der Waals surface area contributed by atoms with E-state index in [1.54, 1.807) is 11.3 Å². The van der Waals surface area contributed by atoms with Crippen molar-refractivity contribution in [2.45, 2.75) is 18.9 Å². The molecule has 1 aromatic heterocycles. The quantitative estimate of drug-likeness (QED) is 0.827. The molecular weight excluding hydrogens is 325 g/mol. The molecule has 2 N–H and O–H groups in total. The van der Waals surface area contributed by atoms with Crippen molar-refractivity contribution in [1.82, 2.24) is 5.32 Å². The lowest BCUT2D eigenvalue weighted by atomic mass is 9.82. The van der Waals surface area contributed by atoms with Gasteiger partial charge in [-0.05, 0) is 47.4 Å². The monoisotopic (exact) mass is 337 g/mol. The molecule has 1 saturated carbocycles. The summed E-state index contributed by atoms with van der Waals surface area (Å²) in [6.45, 7) is 0.683. The number of hydrogen-bond donors (Lipinski definition) is 2. The van der Waals surface area contributed by atoms with Crippen molar-refractivity contribution in [2.75, 3.05) is 6.54 Å². The predicted octanol–water partition coefficient (Wildman–Crippen LogP) is 1.85. The highest BCUT2D eigenvalue weighted by molar-refractivity contribution is 14.1. The Morgan fingerprint density at radius 3 is 2.93 bits per heavy atom. The summed E-state index contributed by atoms with van der Waals surface area (Å²) in [5.41, 5.74) is 0.740. The minimum absolute atomic E-state index is 0.00412. The topological polar surface area (TPSA) is 49.3 Å². The smallest absolute Gasteiger partial charge is 0.252 e. The van der Waals surface area contributed by atoms with Gasteiger partial charge in [-0.25, -0.2) is 0 Å². The number of carbonyl (C=O) groups is 1. The number of hydrogen-bond acceptors (Lipinski definition) is 3. The van der Waals surface area contributed by atoms with Crippen LogP contribution in [0.2, 0.25) is 0 Å². The van der Waals surface area contributed by atoms with Crippen LogP contribution in [0.25, 0.3) is 0 Å². The van der Waals surface area contributed by atoms with E-state index in [2.05, 4.69) is 27.9 Å². The van der Waals surface area contributed by atoms with Gasteiger partial charge in [0.05, 0.1) is 14.6 Å². The summed E-state index contributed by atoms with van der Waals surface area (Å²) < 4.78 is 1.12. The Hall–Kier alpha value is -0.140. The second kappa shape index (κ2) is 4.80. The van der Waals surface area contributed by atoms with E-state index < -0.39 is 0 Å². The Morgan fingerprint density at radius 2 is 2.40 bits per heavy atom. The number of aliphatic hydroxyl groups is 1. The zero-order chi connectivity index (χ0) is 10.8. The molecule has 0 spiro atoms. The molecule has 0 aromatic carbocycles. The van der Waals surface area contributed by atoms with Crippen LogP contribution < -0.4 is 5.32 Å². The summed E-state index contributed by atoms with van der Waals surface area (Å²) in [6, 6.07) is 1.89. The predicted molar refractivity (Wildman–Crippen MR) is 68.1 cm³/mol. The maximum Gasteiger partial charge on any atom is 0.252 e. The second-order valence-electron chi connectivity index (χ2n) is 3.84. The van der Waals surface area contributed by atoms with E-state index in [-0.39, 0.29) is 12.0 Å². The number of nitrogens with one attached hydrogen (secondary N) is 1. The van der Waals surface area contributed by atoms with Gasteiger partial charge in [-0.2, -0.15) is 0 Å². The first kappa shape index (κ1) is 11.3. The zero-order valence-corrected chi connectivity index (χ0v) is 11.0. The molecule has 0 aliphatic heterocycles. The third-order valence-electron chi connectivity index (χ3n) is 2.59. The van der Waals surface area contributed by atoms with Crippen molar-refractivity contribution in [3.05, 3.63) is 19.9 Å². The number of rotatable bonds is 3. The van der Waals surface area contributed by atoms with Crippen LogP contribution in [0.5, 0.6) is 0 Å². The van der Waals surface area contributed by atoms with Gasteiger partial charge in [0, 0.05) is 11.9 Å². The lowest BCUT2D eigenvalue weighted by Crippen LogP contribution is -2.38. The molecule has 1 aliphatic rings. The largest absolute Gasteiger partial charge is 0.393 e. The fourth-order valence-electron chi connectivity index (χ4n) is 1.64. The minimum atomic E-state index is -0.144. The molecule has 2 rings (SSSR count). The molecule has 5 heteroatoms. The van der Waals surface area contributed by atoms with Crippen molar-refractivity contribution >= 4 is 39.8 Å². The van der Waals surface area contributed by atoms with E-state index >= 15 is 0 Å². The van der Waals surface area contributed by atoms with Gasteiger partial charge in [-0.15, -0.1) is 11.3 Å². The summed E-state index contributed by atoms with van der Waals surface area (Å²) in [5.74, 6) is 0.456. The third kappa shape index (κ3) is 2.92. The summed E-state index contributed by atoms with van der Waals surface area (Å²) in [6.07, 6.45) is 1.50. The molecule has 1 aliphatic carbocycles. The lowest BCUT2D eigenvalue weighted by Gasteiger charge is -2.31. The second-order valence-corrected chi connectivity index (χ2v) is 6.65. The SMILES string of the molecule is O=C(NCC1CC(O)C1)c1csc(I)c1. The van der Waals surface area contributed by atoms with Gasteiger partial charge in [0.15, 0.2) is 0 Å². The number of thiophene rings is 1. The van der Waals surface area contributed by atoms with Gasteiger partial charge in [0.25, 0.3) is 5.91 Å². The first-order valence-corrected chi connectivity index (χ1v) is 6.81. The molecule has 0 saturated heterocycles. The highest BCUT2D eigenvalue weighted by atomic mass is 127. The number of aliphatic hydroxyl groups excluding tert-OH is 1. The molecule has 0 radical (unpaired) electrons. The first-order chi connectivity index (χ1) is 7.15. The molecule has 1 heterocycles. The number of amides is 1. The Kier molecular flexibility index (Phi) is 3.63. The van der Waals surface area contributed by atoms with Gasteiger partial charge in [0.2, 0.25) is 0 Å². The minimum Gasteiger partial charge on any atom is -0.393 e. The number of halogens is 1. The molecule has 1 fully saturated rings. The number of carbonyl (C=O) groups excluding carboxylic acids is 1. The van der Waals surface area contributed by atoms with Crippen molar-refractivity contribution in [3.8, 4) is 0 Å².